The summed E-state index contributed by atoms with van der Waals surface area (Å²) in [6.07, 6.45) is 0.298. The highest BCUT2D eigenvalue weighted by Crippen LogP contribution is 2.33. The molecule has 26 heavy (non-hydrogen) atoms. The molecule has 6 heteroatoms. The maximum atomic E-state index is 13.3. The van der Waals surface area contributed by atoms with E-state index >= 15 is 0 Å². The molecule has 1 aromatic heterocycles. The van der Waals surface area contributed by atoms with Gasteiger partial charge in [-0.05, 0) is 37.6 Å². The van der Waals surface area contributed by atoms with Crippen LogP contribution in [0.2, 0.25) is 0 Å². The second-order valence-electron chi connectivity index (χ2n) is 6.66. The first-order chi connectivity index (χ1) is 12.5. The van der Waals surface area contributed by atoms with Crippen LogP contribution in [0.25, 0.3) is 11.4 Å². The zero-order chi connectivity index (χ0) is 18.3. The fraction of sp³-hybridized carbons (Fsp3) is 0.250. The summed E-state index contributed by atoms with van der Waals surface area (Å²) in [5, 5.41) is 4.05. The molecule has 0 bridgehead atoms. The van der Waals surface area contributed by atoms with Gasteiger partial charge in [-0.1, -0.05) is 35.0 Å². The van der Waals surface area contributed by atoms with E-state index in [-0.39, 0.29) is 17.6 Å². The van der Waals surface area contributed by atoms with Gasteiger partial charge in [0.05, 0.1) is 5.92 Å². The number of aryl methyl sites for hydroxylation is 2. The van der Waals surface area contributed by atoms with Crippen molar-refractivity contribution >= 4 is 11.6 Å². The zero-order valence-electron chi connectivity index (χ0n) is 14.6. The predicted molar refractivity (Wildman–Crippen MR) is 95.3 cm³/mol. The number of carbonyl (C=O) groups excluding carboxylic acids is 1. The third kappa shape index (κ3) is 2.98. The minimum atomic E-state index is -0.311. The summed E-state index contributed by atoms with van der Waals surface area (Å²) >= 11 is 0. The van der Waals surface area contributed by atoms with Gasteiger partial charge in [0.15, 0.2) is 0 Å². The van der Waals surface area contributed by atoms with Crippen LogP contribution < -0.4 is 4.90 Å². The second-order valence-corrected chi connectivity index (χ2v) is 6.66. The Morgan fingerprint density at radius 2 is 1.92 bits per heavy atom. The van der Waals surface area contributed by atoms with Crippen molar-refractivity contribution < 1.29 is 13.7 Å². The molecule has 1 aliphatic heterocycles. The van der Waals surface area contributed by atoms with E-state index in [2.05, 4.69) is 10.1 Å². The topological polar surface area (TPSA) is 59.2 Å². The Labute approximate surface area is 150 Å². The van der Waals surface area contributed by atoms with Crippen LogP contribution in [-0.4, -0.2) is 22.6 Å². The maximum Gasteiger partial charge on any atom is 0.232 e. The molecule has 0 spiro atoms. The number of rotatable bonds is 3. The average molecular weight is 351 g/mol. The van der Waals surface area contributed by atoms with Crippen molar-refractivity contribution in [3.05, 3.63) is 65.3 Å². The van der Waals surface area contributed by atoms with Gasteiger partial charge >= 0.3 is 0 Å². The molecule has 0 aliphatic carbocycles. The summed E-state index contributed by atoms with van der Waals surface area (Å²) < 4.78 is 18.7. The molecule has 2 heterocycles. The SMILES string of the molecule is Cc1ccc(-c2noc(C3CC(=O)N(c4ccc(F)cc4C)C3)n2)cc1. The number of benzene rings is 2. The molecular formula is C20H18FN3O2. The molecule has 3 aromatic rings. The van der Waals surface area contributed by atoms with Crippen molar-refractivity contribution in [1.29, 1.82) is 0 Å². The van der Waals surface area contributed by atoms with Crippen molar-refractivity contribution in [3.8, 4) is 11.4 Å². The van der Waals surface area contributed by atoms with E-state index in [4.69, 9.17) is 4.52 Å². The zero-order valence-corrected chi connectivity index (χ0v) is 14.6. The van der Waals surface area contributed by atoms with Crippen LogP contribution in [0.15, 0.2) is 47.0 Å². The molecule has 132 valence electrons. The third-order valence-corrected chi connectivity index (χ3v) is 4.68. The fourth-order valence-electron chi connectivity index (χ4n) is 3.25. The van der Waals surface area contributed by atoms with Crippen molar-refractivity contribution in [2.45, 2.75) is 26.2 Å². The number of halogens is 1. The largest absolute Gasteiger partial charge is 0.339 e. The van der Waals surface area contributed by atoms with Crippen LogP contribution >= 0.6 is 0 Å². The molecule has 1 aliphatic rings. The maximum absolute atomic E-state index is 13.3. The number of aromatic nitrogens is 2. The van der Waals surface area contributed by atoms with Crippen LogP contribution in [0.1, 0.15) is 29.4 Å². The lowest BCUT2D eigenvalue weighted by Gasteiger charge is -2.18. The molecule has 2 aromatic carbocycles. The number of carbonyl (C=O) groups is 1. The van der Waals surface area contributed by atoms with Crippen LogP contribution in [0.3, 0.4) is 0 Å². The molecule has 4 rings (SSSR count). The Balaban J connectivity index is 1.56. The van der Waals surface area contributed by atoms with Gasteiger partial charge in [0.1, 0.15) is 5.82 Å². The van der Waals surface area contributed by atoms with E-state index in [1.165, 1.54) is 12.1 Å². The number of amides is 1. The highest BCUT2D eigenvalue weighted by Gasteiger charge is 2.35. The Morgan fingerprint density at radius 3 is 2.65 bits per heavy atom. The third-order valence-electron chi connectivity index (χ3n) is 4.68. The van der Waals surface area contributed by atoms with E-state index in [1.807, 2.05) is 31.2 Å². The first-order valence-electron chi connectivity index (χ1n) is 8.48. The quantitative estimate of drug-likeness (QED) is 0.715. The standard InChI is InChI=1S/C20H18FN3O2/c1-12-3-5-14(6-4-12)19-22-20(26-23-19)15-10-18(25)24(11-15)17-8-7-16(21)9-13(17)2/h3-9,15H,10-11H2,1-2H3. The van der Waals surface area contributed by atoms with Crippen LogP contribution in [0.5, 0.6) is 0 Å². The summed E-state index contributed by atoms with van der Waals surface area (Å²) in [5.41, 5.74) is 3.48. The molecule has 0 N–H and O–H groups in total. The number of nitrogens with zero attached hydrogens (tertiary/aromatic N) is 3. The van der Waals surface area contributed by atoms with Crippen molar-refractivity contribution in [2.75, 3.05) is 11.4 Å². The van der Waals surface area contributed by atoms with Gasteiger partial charge in [0.25, 0.3) is 0 Å². The smallest absolute Gasteiger partial charge is 0.232 e. The lowest BCUT2D eigenvalue weighted by atomic mass is 10.1. The summed E-state index contributed by atoms with van der Waals surface area (Å²) in [6, 6.07) is 12.3. The van der Waals surface area contributed by atoms with Gasteiger partial charge < -0.3 is 9.42 Å². The van der Waals surface area contributed by atoms with Gasteiger partial charge in [-0.25, -0.2) is 4.39 Å². The van der Waals surface area contributed by atoms with E-state index < -0.39 is 0 Å². The normalized spacial score (nSPS) is 17.1. The highest BCUT2D eigenvalue weighted by atomic mass is 19.1. The Morgan fingerprint density at radius 1 is 1.15 bits per heavy atom. The molecule has 1 amide bonds. The molecule has 0 radical (unpaired) electrons. The molecule has 0 saturated carbocycles. The Kier molecular flexibility index (Phi) is 4.03. The van der Waals surface area contributed by atoms with Crippen LogP contribution in [-0.2, 0) is 4.79 Å². The van der Waals surface area contributed by atoms with E-state index in [0.717, 1.165) is 22.4 Å². The van der Waals surface area contributed by atoms with Crippen LogP contribution in [0, 0.1) is 19.7 Å². The minimum absolute atomic E-state index is 0.0280. The lowest BCUT2D eigenvalue weighted by Crippen LogP contribution is -2.25. The van der Waals surface area contributed by atoms with Crippen molar-refractivity contribution in [1.82, 2.24) is 10.1 Å². The van der Waals surface area contributed by atoms with Crippen LogP contribution in [0.4, 0.5) is 10.1 Å². The molecule has 1 atom stereocenters. The Bertz CT molecular complexity index is 965. The lowest BCUT2D eigenvalue weighted by molar-refractivity contribution is -0.117. The molecule has 1 fully saturated rings. The number of hydrogen-bond acceptors (Lipinski definition) is 4. The Hall–Kier alpha value is -3.02. The van der Waals surface area contributed by atoms with Gasteiger partial charge in [-0.15, -0.1) is 0 Å². The highest BCUT2D eigenvalue weighted by molar-refractivity contribution is 5.97. The minimum Gasteiger partial charge on any atom is -0.339 e. The van der Waals surface area contributed by atoms with E-state index in [9.17, 15) is 9.18 Å². The molecular weight excluding hydrogens is 333 g/mol. The van der Waals surface area contributed by atoms with Gasteiger partial charge in [-0.2, -0.15) is 4.98 Å². The monoisotopic (exact) mass is 351 g/mol. The summed E-state index contributed by atoms with van der Waals surface area (Å²) in [6.45, 7) is 4.25. The summed E-state index contributed by atoms with van der Waals surface area (Å²) in [5.74, 6) is 0.465. The fourth-order valence-corrected chi connectivity index (χ4v) is 3.25. The second kappa shape index (κ2) is 6.37. The first kappa shape index (κ1) is 16.4. The van der Waals surface area contributed by atoms with Crippen molar-refractivity contribution in [3.63, 3.8) is 0 Å². The van der Waals surface area contributed by atoms with Gasteiger partial charge in [-0.3, -0.25) is 4.79 Å². The van der Waals surface area contributed by atoms with Gasteiger partial charge in [0, 0.05) is 24.2 Å². The predicted octanol–water partition coefficient (Wildman–Crippen LogP) is 4.01. The van der Waals surface area contributed by atoms with E-state index in [0.29, 0.717) is 24.7 Å². The molecule has 1 unspecified atom stereocenters. The number of hydrogen-bond donors (Lipinski definition) is 0. The number of anilines is 1. The van der Waals surface area contributed by atoms with E-state index in [1.54, 1.807) is 17.9 Å². The molecule has 5 nitrogen and oxygen atoms in total. The molecule has 1 saturated heterocycles. The van der Waals surface area contributed by atoms with Crippen molar-refractivity contribution in [2.24, 2.45) is 0 Å². The summed E-state index contributed by atoms with van der Waals surface area (Å²) in [4.78, 5) is 18.6. The first-order valence-corrected chi connectivity index (χ1v) is 8.48. The average Bonchev–Trinajstić information content (AvgIpc) is 3.23. The summed E-state index contributed by atoms with van der Waals surface area (Å²) in [7, 11) is 0. The van der Waals surface area contributed by atoms with Gasteiger partial charge in [0.2, 0.25) is 17.6 Å².